The second-order valence-electron chi connectivity index (χ2n) is 4.84. The van der Waals surface area contributed by atoms with E-state index in [0.29, 0.717) is 6.42 Å². The summed E-state index contributed by atoms with van der Waals surface area (Å²) < 4.78 is 39.6. The number of amidine groups is 1. The van der Waals surface area contributed by atoms with E-state index in [0.717, 1.165) is 25.7 Å². The summed E-state index contributed by atoms with van der Waals surface area (Å²) in [7, 11) is 0. The number of aliphatic imine (C=N–C) groups is 1. The summed E-state index contributed by atoms with van der Waals surface area (Å²) in [6.07, 6.45) is -0.295. The van der Waals surface area contributed by atoms with Gasteiger partial charge in [0.05, 0.1) is 5.69 Å². The van der Waals surface area contributed by atoms with E-state index >= 15 is 0 Å². The number of halogens is 3. The van der Waals surface area contributed by atoms with Gasteiger partial charge in [0.15, 0.2) is 0 Å². The average Bonchev–Trinajstić information content (AvgIpc) is 2.43. The number of unbranched alkanes of at least 4 members (excludes halogenated alkanes) is 3. The molecule has 3 nitrogen and oxygen atoms in total. The number of anilines is 1. The molecule has 1 rings (SSSR count). The standard InChI is InChI=1S/C15H20F3N3S/c1-2-3-4-8-11-13(19)20-14(22)21(15(16,17)18)12-9-6-5-7-10-12/h5-7,9-10H,2-4,8,11H2,1H3,(H2,19,20,22). The van der Waals surface area contributed by atoms with E-state index in [2.05, 4.69) is 11.9 Å². The van der Waals surface area contributed by atoms with Crippen LogP contribution in [0.4, 0.5) is 18.9 Å². The van der Waals surface area contributed by atoms with Gasteiger partial charge in [0.1, 0.15) is 5.84 Å². The normalized spacial score (nSPS) is 12.3. The molecule has 0 aliphatic heterocycles. The first-order valence-electron chi connectivity index (χ1n) is 7.15. The molecule has 0 radical (unpaired) electrons. The fourth-order valence-electron chi connectivity index (χ4n) is 1.90. The van der Waals surface area contributed by atoms with E-state index in [1.165, 1.54) is 24.3 Å². The molecule has 122 valence electrons. The zero-order valence-electron chi connectivity index (χ0n) is 12.4. The summed E-state index contributed by atoms with van der Waals surface area (Å²) in [6.45, 7) is 2.08. The topological polar surface area (TPSA) is 41.6 Å². The molecule has 0 spiro atoms. The Morgan fingerprint density at radius 2 is 1.82 bits per heavy atom. The summed E-state index contributed by atoms with van der Waals surface area (Å²) in [4.78, 5) is 3.81. The van der Waals surface area contributed by atoms with Gasteiger partial charge in [0.25, 0.3) is 0 Å². The van der Waals surface area contributed by atoms with Crippen LogP contribution in [0.15, 0.2) is 35.3 Å². The van der Waals surface area contributed by atoms with Crippen molar-refractivity contribution in [2.45, 2.75) is 45.3 Å². The highest BCUT2D eigenvalue weighted by Gasteiger charge is 2.40. The van der Waals surface area contributed by atoms with Crippen molar-refractivity contribution in [2.24, 2.45) is 10.7 Å². The van der Waals surface area contributed by atoms with Gasteiger partial charge in [-0.25, -0.2) is 9.89 Å². The second-order valence-corrected chi connectivity index (χ2v) is 5.20. The lowest BCUT2D eigenvalue weighted by molar-refractivity contribution is -0.118. The molecule has 0 amide bonds. The third-order valence-corrected chi connectivity index (χ3v) is 3.26. The number of nitrogens with zero attached hydrogens (tertiary/aromatic N) is 2. The van der Waals surface area contributed by atoms with Crippen LogP contribution in [0.5, 0.6) is 0 Å². The number of rotatable bonds is 6. The molecule has 22 heavy (non-hydrogen) atoms. The number of thiocarbonyl (C=S) groups is 1. The van der Waals surface area contributed by atoms with Crippen LogP contribution in [0.25, 0.3) is 0 Å². The molecule has 0 aliphatic rings. The first-order chi connectivity index (χ1) is 10.4. The number of alkyl halides is 3. The quantitative estimate of drug-likeness (QED) is 0.272. The maximum Gasteiger partial charge on any atom is 0.491 e. The molecule has 0 saturated carbocycles. The lowest BCUT2D eigenvalue weighted by Crippen LogP contribution is -2.42. The minimum absolute atomic E-state index is 0.0568. The van der Waals surface area contributed by atoms with Gasteiger partial charge in [-0.05, 0) is 30.8 Å². The summed E-state index contributed by atoms with van der Waals surface area (Å²) in [5.41, 5.74) is 5.60. The number of para-hydroxylation sites is 1. The van der Waals surface area contributed by atoms with Crippen LogP contribution < -0.4 is 10.6 Å². The average molecular weight is 331 g/mol. The van der Waals surface area contributed by atoms with E-state index in [4.69, 9.17) is 18.0 Å². The van der Waals surface area contributed by atoms with Crippen LogP contribution in [-0.4, -0.2) is 17.2 Å². The highest BCUT2D eigenvalue weighted by atomic mass is 32.1. The molecule has 7 heteroatoms. The fourth-order valence-corrected chi connectivity index (χ4v) is 2.23. The van der Waals surface area contributed by atoms with Gasteiger partial charge in [-0.2, -0.15) is 0 Å². The van der Waals surface area contributed by atoms with E-state index in [1.807, 2.05) is 0 Å². The van der Waals surface area contributed by atoms with Gasteiger partial charge in [0, 0.05) is 6.42 Å². The molecule has 0 aromatic heterocycles. The molecule has 0 fully saturated rings. The smallest absolute Gasteiger partial charge is 0.387 e. The van der Waals surface area contributed by atoms with Crippen LogP contribution in [0.2, 0.25) is 0 Å². The number of hydrogen-bond acceptors (Lipinski definition) is 1. The molecule has 1 aromatic rings. The van der Waals surface area contributed by atoms with Crippen molar-refractivity contribution in [1.82, 2.24) is 0 Å². The van der Waals surface area contributed by atoms with E-state index in [9.17, 15) is 13.2 Å². The summed E-state index contributed by atoms with van der Waals surface area (Å²) >= 11 is 4.82. The third kappa shape index (κ3) is 6.01. The lowest BCUT2D eigenvalue weighted by atomic mass is 10.1. The van der Waals surface area contributed by atoms with E-state index < -0.39 is 11.4 Å². The largest absolute Gasteiger partial charge is 0.491 e. The van der Waals surface area contributed by atoms with Gasteiger partial charge in [0.2, 0.25) is 5.11 Å². The Morgan fingerprint density at radius 1 is 1.18 bits per heavy atom. The van der Waals surface area contributed by atoms with Gasteiger partial charge in [-0.1, -0.05) is 44.4 Å². The molecular weight excluding hydrogens is 311 g/mol. The van der Waals surface area contributed by atoms with Crippen LogP contribution in [0.3, 0.4) is 0 Å². The van der Waals surface area contributed by atoms with Crippen molar-refractivity contribution < 1.29 is 13.2 Å². The molecule has 0 saturated heterocycles. The van der Waals surface area contributed by atoms with Crippen LogP contribution in [-0.2, 0) is 0 Å². The predicted molar refractivity (Wildman–Crippen MR) is 88.0 cm³/mol. The predicted octanol–water partition coefficient (Wildman–Crippen LogP) is 4.63. The monoisotopic (exact) mass is 331 g/mol. The zero-order chi connectivity index (χ0) is 16.6. The number of nitrogens with two attached hydrogens (primary N) is 1. The third-order valence-electron chi connectivity index (χ3n) is 2.98. The van der Waals surface area contributed by atoms with Crippen molar-refractivity contribution >= 4 is 28.9 Å². The van der Waals surface area contributed by atoms with Gasteiger partial charge in [-0.3, -0.25) is 0 Å². The maximum absolute atomic E-state index is 13.2. The Bertz CT molecular complexity index is 501. The molecule has 0 unspecified atom stereocenters. The Balaban J connectivity index is 2.81. The van der Waals surface area contributed by atoms with Crippen molar-refractivity contribution in [3.05, 3.63) is 30.3 Å². The summed E-state index contributed by atoms with van der Waals surface area (Å²) in [5.74, 6) is 0.131. The second kappa shape index (κ2) is 8.73. The Kier molecular flexibility index (Phi) is 7.31. The minimum atomic E-state index is -4.65. The van der Waals surface area contributed by atoms with Gasteiger partial charge < -0.3 is 5.73 Å². The van der Waals surface area contributed by atoms with Crippen LogP contribution >= 0.6 is 12.2 Å². The molecule has 1 aromatic carbocycles. The van der Waals surface area contributed by atoms with Gasteiger partial charge in [-0.15, -0.1) is 13.2 Å². The highest BCUT2D eigenvalue weighted by Crippen LogP contribution is 2.29. The number of benzene rings is 1. The minimum Gasteiger partial charge on any atom is -0.387 e. The molecule has 0 atom stereocenters. The van der Waals surface area contributed by atoms with Crippen LogP contribution in [0.1, 0.15) is 39.0 Å². The fraction of sp³-hybridized carbons (Fsp3) is 0.467. The lowest BCUT2D eigenvalue weighted by Gasteiger charge is -2.25. The van der Waals surface area contributed by atoms with Crippen LogP contribution in [0, 0.1) is 0 Å². The first kappa shape index (κ1) is 18.4. The van der Waals surface area contributed by atoms with E-state index in [1.54, 1.807) is 6.07 Å². The SMILES string of the molecule is CCCCCCC(N)=NC(=S)N(c1ccccc1)C(F)(F)F. The first-order valence-corrected chi connectivity index (χ1v) is 7.56. The highest BCUT2D eigenvalue weighted by molar-refractivity contribution is 7.80. The Hall–Kier alpha value is -1.63. The summed E-state index contributed by atoms with van der Waals surface area (Å²) in [5, 5.41) is -0.591. The Morgan fingerprint density at radius 3 is 2.36 bits per heavy atom. The van der Waals surface area contributed by atoms with Crippen molar-refractivity contribution in [1.29, 1.82) is 0 Å². The molecule has 2 N–H and O–H groups in total. The molecular formula is C15H20F3N3S. The zero-order valence-corrected chi connectivity index (χ0v) is 13.3. The Labute approximate surface area is 134 Å². The maximum atomic E-state index is 13.2. The number of hydrogen-bond donors (Lipinski definition) is 1. The molecule has 0 aliphatic carbocycles. The van der Waals surface area contributed by atoms with E-state index in [-0.39, 0.29) is 16.4 Å². The molecule has 0 heterocycles. The molecule has 0 bridgehead atoms. The van der Waals surface area contributed by atoms with Crippen molar-refractivity contribution in [2.75, 3.05) is 4.90 Å². The van der Waals surface area contributed by atoms with Gasteiger partial charge >= 0.3 is 6.30 Å². The van der Waals surface area contributed by atoms with Crippen molar-refractivity contribution in [3.8, 4) is 0 Å². The van der Waals surface area contributed by atoms with Crippen molar-refractivity contribution in [3.63, 3.8) is 0 Å². The summed E-state index contributed by atoms with van der Waals surface area (Å²) in [6, 6.07) is 7.30.